The van der Waals surface area contributed by atoms with Gasteiger partial charge in [0, 0.05) is 13.1 Å². The van der Waals surface area contributed by atoms with Crippen LogP contribution in [0, 0.1) is 0 Å². The Morgan fingerprint density at radius 3 is 2.69 bits per heavy atom. The maximum absolute atomic E-state index is 5.62. The molecule has 0 bridgehead atoms. The summed E-state index contributed by atoms with van der Waals surface area (Å²) in [5.74, 6) is 1.68. The monoisotopic (exact) mass is 223 g/mol. The van der Waals surface area contributed by atoms with Gasteiger partial charge in [-0.3, -0.25) is 0 Å². The normalized spacial score (nSPS) is 20.4. The fourth-order valence-corrected chi connectivity index (χ4v) is 1.59. The molecule has 16 heavy (non-hydrogen) atoms. The SMILES string of the molecule is COc1ccc(OCC2CNCCO2)cc1. The van der Waals surface area contributed by atoms with Crippen molar-refractivity contribution in [1.29, 1.82) is 0 Å². The van der Waals surface area contributed by atoms with E-state index < -0.39 is 0 Å². The Labute approximate surface area is 95.5 Å². The summed E-state index contributed by atoms with van der Waals surface area (Å²) in [6.45, 7) is 3.13. The van der Waals surface area contributed by atoms with Crippen molar-refractivity contribution in [3.05, 3.63) is 24.3 Å². The highest BCUT2D eigenvalue weighted by Crippen LogP contribution is 2.17. The van der Waals surface area contributed by atoms with Gasteiger partial charge in [-0.05, 0) is 24.3 Å². The minimum Gasteiger partial charge on any atom is -0.497 e. The molecule has 0 radical (unpaired) electrons. The maximum Gasteiger partial charge on any atom is 0.119 e. The van der Waals surface area contributed by atoms with Crippen molar-refractivity contribution in [2.45, 2.75) is 6.10 Å². The Balaban J connectivity index is 1.79. The molecular formula is C12H17NO3. The molecular weight excluding hydrogens is 206 g/mol. The molecule has 4 nitrogen and oxygen atoms in total. The van der Waals surface area contributed by atoms with Gasteiger partial charge in [0.25, 0.3) is 0 Å². The Kier molecular flexibility index (Phi) is 4.02. The molecule has 1 heterocycles. The molecule has 0 aliphatic carbocycles. The minimum atomic E-state index is 0.149. The van der Waals surface area contributed by atoms with Gasteiger partial charge in [0.2, 0.25) is 0 Å². The number of nitrogens with one attached hydrogen (secondary N) is 1. The van der Waals surface area contributed by atoms with Crippen LogP contribution >= 0.6 is 0 Å². The van der Waals surface area contributed by atoms with Crippen LogP contribution in [0.1, 0.15) is 0 Å². The van der Waals surface area contributed by atoms with Crippen molar-refractivity contribution < 1.29 is 14.2 Å². The first kappa shape index (κ1) is 11.2. The highest BCUT2D eigenvalue weighted by atomic mass is 16.5. The van der Waals surface area contributed by atoms with E-state index in [4.69, 9.17) is 14.2 Å². The van der Waals surface area contributed by atoms with Crippen molar-refractivity contribution in [2.75, 3.05) is 33.4 Å². The molecule has 2 rings (SSSR count). The van der Waals surface area contributed by atoms with Crippen molar-refractivity contribution in [3.63, 3.8) is 0 Å². The van der Waals surface area contributed by atoms with Crippen molar-refractivity contribution in [2.24, 2.45) is 0 Å². The van der Waals surface area contributed by atoms with E-state index in [0.717, 1.165) is 31.2 Å². The zero-order chi connectivity index (χ0) is 11.2. The largest absolute Gasteiger partial charge is 0.497 e. The fourth-order valence-electron chi connectivity index (χ4n) is 1.59. The minimum absolute atomic E-state index is 0.149. The lowest BCUT2D eigenvalue weighted by Crippen LogP contribution is -2.41. The van der Waals surface area contributed by atoms with E-state index in [-0.39, 0.29) is 6.10 Å². The van der Waals surface area contributed by atoms with Gasteiger partial charge < -0.3 is 19.5 Å². The maximum atomic E-state index is 5.62. The summed E-state index contributed by atoms with van der Waals surface area (Å²) >= 11 is 0. The van der Waals surface area contributed by atoms with Crippen molar-refractivity contribution in [1.82, 2.24) is 5.32 Å². The molecule has 88 valence electrons. The number of methoxy groups -OCH3 is 1. The zero-order valence-corrected chi connectivity index (χ0v) is 9.44. The summed E-state index contributed by atoms with van der Waals surface area (Å²) in [6.07, 6.45) is 0.149. The number of benzene rings is 1. The van der Waals surface area contributed by atoms with E-state index in [1.54, 1.807) is 7.11 Å². The van der Waals surface area contributed by atoms with Crippen LogP contribution in [0.2, 0.25) is 0 Å². The Morgan fingerprint density at radius 2 is 2.06 bits per heavy atom. The van der Waals surface area contributed by atoms with E-state index in [1.807, 2.05) is 24.3 Å². The third-order valence-corrected chi connectivity index (χ3v) is 2.50. The molecule has 1 fully saturated rings. The Morgan fingerprint density at radius 1 is 1.31 bits per heavy atom. The van der Waals surface area contributed by atoms with E-state index in [2.05, 4.69) is 5.32 Å². The van der Waals surface area contributed by atoms with Gasteiger partial charge in [-0.25, -0.2) is 0 Å². The molecule has 1 N–H and O–H groups in total. The molecule has 1 atom stereocenters. The lowest BCUT2D eigenvalue weighted by atomic mass is 10.3. The van der Waals surface area contributed by atoms with Crippen LogP contribution < -0.4 is 14.8 Å². The smallest absolute Gasteiger partial charge is 0.119 e. The topological polar surface area (TPSA) is 39.7 Å². The number of morpholine rings is 1. The zero-order valence-electron chi connectivity index (χ0n) is 9.44. The second kappa shape index (κ2) is 5.72. The molecule has 0 spiro atoms. The predicted molar refractivity (Wildman–Crippen MR) is 61.1 cm³/mol. The molecule has 1 aromatic carbocycles. The highest BCUT2D eigenvalue weighted by Gasteiger charge is 2.13. The first-order chi connectivity index (χ1) is 7.88. The summed E-state index contributed by atoms with van der Waals surface area (Å²) < 4.78 is 16.2. The van der Waals surface area contributed by atoms with Gasteiger partial charge in [-0.15, -0.1) is 0 Å². The van der Waals surface area contributed by atoms with Crippen molar-refractivity contribution in [3.8, 4) is 11.5 Å². The van der Waals surface area contributed by atoms with Crippen molar-refractivity contribution >= 4 is 0 Å². The number of hydrogen-bond donors (Lipinski definition) is 1. The predicted octanol–water partition coefficient (Wildman–Crippen LogP) is 1.06. The van der Waals surface area contributed by atoms with Crippen LogP contribution in [0.5, 0.6) is 11.5 Å². The molecule has 0 aromatic heterocycles. The molecule has 1 unspecified atom stereocenters. The van der Waals surface area contributed by atoms with Crippen LogP contribution in [-0.4, -0.2) is 39.5 Å². The molecule has 1 aromatic rings. The van der Waals surface area contributed by atoms with Crippen LogP contribution in [0.3, 0.4) is 0 Å². The van der Waals surface area contributed by atoms with E-state index in [9.17, 15) is 0 Å². The molecule has 1 saturated heterocycles. The summed E-state index contributed by atoms with van der Waals surface area (Å²) in [4.78, 5) is 0. The van der Waals surface area contributed by atoms with E-state index in [1.165, 1.54) is 0 Å². The molecule has 1 aliphatic heterocycles. The van der Waals surface area contributed by atoms with Crippen LogP contribution in [0.25, 0.3) is 0 Å². The lowest BCUT2D eigenvalue weighted by molar-refractivity contribution is 0.000188. The average Bonchev–Trinajstić information content (AvgIpc) is 2.38. The van der Waals surface area contributed by atoms with Gasteiger partial charge in [0.05, 0.1) is 13.7 Å². The standard InChI is InChI=1S/C12H17NO3/c1-14-10-2-4-11(5-3-10)16-9-12-8-13-6-7-15-12/h2-5,12-13H,6-9H2,1H3. The summed E-state index contributed by atoms with van der Waals surface area (Å²) in [7, 11) is 1.65. The van der Waals surface area contributed by atoms with E-state index in [0.29, 0.717) is 6.61 Å². The molecule has 0 amide bonds. The highest BCUT2D eigenvalue weighted by molar-refractivity contribution is 5.31. The van der Waals surface area contributed by atoms with Gasteiger partial charge in [0.1, 0.15) is 24.2 Å². The summed E-state index contributed by atoms with van der Waals surface area (Å²) in [5, 5.41) is 3.26. The number of rotatable bonds is 4. The van der Waals surface area contributed by atoms with Crippen LogP contribution in [0.4, 0.5) is 0 Å². The number of hydrogen-bond acceptors (Lipinski definition) is 4. The van der Waals surface area contributed by atoms with Gasteiger partial charge in [-0.2, -0.15) is 0 Å². The second-order valence-corrected chi connectivity index (χ2v) is 3.68. The Hall–Kier alpha value is -1.26. The Bertz CT molecular complexity index is 307. The quantitative estimate of drug-likeness (QED) is 0.828. The summed E-state index contributed by atoms with van der Waals surface area (Å²) in [6, 6.07) is 7.56. The van der Waals surface area contributed by atoms with Crippen LogP contribution in [-0.2, 0) is 4.74 Å². The summed E-state index contributed by atoms with van der Waals surface area (Å²) in [5.41, 5.74) is 0. The number of ether oxygens (including phenoxy) is 3. The molecule has 0 saturated carbocycles. The third-order valence-electron chi connectivity index (χ3n) is 2.50. The lowest BCUT2D eigenvalue weighted by Gasteiger charge is -2.23. The molecule has 4 heteroatoms. The first-order valence-corrected chi connectivity index (χ1v) is 5.47. The first-order valence-electron chi connectivity index (χ1n) is 5.47. The van der Waals surface area contributed by atoms with Crippen LogP contribution in [0.15, 0.2) is 24.3 Å². The van der Waals surface area contributed by atoms with Gasteiger partial charge in [-0.1, -0.05) is 0 Å². The van der Waals surface area contributed by atoms with Gasteiger partial charge >= 0.3 is 0 Å². The fraction of sp³-hybridized carbons (Fsp3) is 0.500. The van der Waals surface area contributed by atoms with E-state index >= 15 is 0 Å². The molecule has 1 aliphatic rings. The second-order valence-electron chi connectivity index (χ2n) is 3.68. The third kappa shape index (κ3) is 3.12. The average molecular weight is 223 g/mol. The van der Waals surface area contributed by atoms with Gasteiger partial charge in [0.15, 0.2) is 0 Å².